The van der Waals surface area contributed by atoms with E-state index >= 15 is 0 Å². The van der Waals surface area contributed by atoms with Crippen molar-refractivity contribution in [3.63, 3.8) is 0 Å². The van der Waals surface area contributed by atoms with Crippen molar-refractivity contribution in [1.82, 2.24) is 0 Å². The Labute approximate surface area is 104 Å². The predicted octanol–water partition coefficient (Wildman–Crippen LogP) is 3.48. The lowest BCUT2D eigenvalue weighted by Crippen LogP contribution is -2.13. The number of carbonyl (C=O) groups excluding carboxylic acids is 1. The van der Waals surface area contributed by atoms with Crippen LogP contribution in [-0.2, 0) is 9.53 Å². The van der Waals surface area contributed by atoms with Gasteiger partial charge in [-0.1, -0.05) is 30.3 Å². The summed E-state index contributed by atoms with van der Waals surface area (Å²) in [7, 11) is 0. The molecular weight excluding hydrogens is 247 g/mol. The zero-order valence-corrected chi connectivity index (χ0v) is 10.3. The quantitative estimate of drug-likeness (QED) is 0.613. The van der Waals surface area contributed by atoms with Gasteiger partial charge in [-0.25, -0.2) is 0 Å². The van der Waals surface area contributed by atoms with E-state index in [-0.39, 0.29) is 18.0 Å². The van der Waals surface area contributed by atoms with Crippen molar-refractivity contribution in [2.75, 3.05) is 0 Å². The molecule has 0 saturated heterocycles. The average Bonchev–Trinajstić information content (AvgIpc) is 2.89. The van der Waals surface area contributed by atoms with E-state index in [0.717, 1.165) is 5.56 Å². The molecule has 0 amide bonds. The van der Waals surface area contributed by atoms with E-state index in [1.54, 1.807) is 0 Å². The Kier molecular flexibility index (Phi) is 3.13. The van der Waals surface area contributed by atoms with Gasteiger partial charge in [-0.05, 0) is 18.9 Å². The fourth-order valence-corrected chi connectivity index (χ4v) is 2.00. The van der Waals surface area contributed by atoms with Crippen molar-refractivity contribution >= 4 is 29.2 Å². The molecule has 1 aromatic carbocycles. The molecule has 1 aromatic rings. The molecule has 1 saturated carbocycles. The number of rotatable bonds is 3. The Balaban J connectivity index is 1.94. The minimum Gasteiger partial charge on any atom is -0.457 e. The summed E-state index contributed by atoms with van der Waals surface area (Å²) in [5, 5.41) is 0. The molecule has 2 unspecified atom stereocenters. The molecule has 1 aliphatic carbocycles. The first-order valence-electron chi connectivity index (χ1n) is 5.14. The monoisotopic (exact) mass is 258 g/mol. The van der Waals surface area contributed by atoms with Crippen molar-refractivity contribution in [2.45, 2.75) is 23.8 Å². The molecule has 0 radical (unpaired) electrons. The molecule has 0 N–H and O–H groups in total. The summed E-state index contributed by atoms with van der Waals surface area (Å²) in [5.74, 6) is -0.691. The fourth-order valence-electron chi connectivity index (χ4n) is 1.52. The molecule has 0 bridgehead atoms. The summed E-state index contributed by atoms with van der Waals surface area (Å²) >= 11 is 11.6. The van der Waals surface area contributed by atoms with Crippen molar-refractivity contribution in [2.24, 2.45) is 5.92 Å². The Hall–Kier alpha value is -0.730. The van der Waals surface area contributed by atoms with Crippen LogP contribution in [0.3, 0.4) is 0 Å². The maximum absolute atomic E-state index is 11.6. The van der Waals surface area contributed by atoms with Crippen LogP contribution in [-0.4, -0.2) is 10.3 Å². The van der Waals surface area contributed by atoms with E-state index in [0.29, 0.717) is 6.42 Å². The van der Waals surface area contributed by atoms with Gasteiger partial charge in [-0.15, -0.1) is 23.2 Å². The third-order valence-corrected chi connectivity index (χ3v) is 3.51. The second-order valence-electron chi connectivity index (χ2n) is 4.01. The summed E-state index contributed by atoms with van der Waals surface area (Å²) < 4.78 is 4.38. The van der Waals surface area contributed by atoms with Crippen molar-refractivity contribution < 1.29 is 9.53 Å². The van der Waals surface area contributed by atoms with Crippen LogP contribution in [0.25, 0.3) is 0 Å². The Morgan fingerprint density at radius 1 is 1.44 bits per heavy atom. The lowest BCUT2D eigenvalue weighted by atomic mass is 10.1. The molecule has 1 fully saturated rings. The van der Waals surface area contributed by atoms with Crippen molar-refractivity contribution in [1.29, 1.82) is 0 Å². The highest BCUT2D eigenvalue weighted by molar-refractivity contribution is 6.52. The first kappa shape index (κ1) is 11.7. The number of benzene rings is 1. The molecule has 2 nitrogen and oxygen atoms in total. The summed E-state index contributed by atoms with van der Waals surface area (Å²) in [6.45, 7) is 1.83. The van der Waals surface area contributed by atoms with E-state index in [2.05, 4.69) is 0 Å². The van der Waals surface area contributed by atoms with Crippen LogP contribution < -0.4 is 0 Å². The van der Waals surface area contributed by atoms with E-state index in [9.17, 15) is 4.79 Å². The maximum atomic E-state index is 11.6. The smallest absolute Gasteiger partial charge is 0.312 e. The molecule has 4 heteroatoms. The molecule has 0 heterocycles. The maximum Gasteiger partial charge on any atom is 0.312 e. The first-order chi connectivity index (χ1) is 7.50. The van der Waals surface area contributed by atoms with Gasteiger partial charge in [0, 0.05) is 0 Å². The zero-order valence-electron chi connectivity index (χ0n) is 8.82. The molecule has 1 aliphatic rings. The molecule has 0 aromatic heterocycles. The van der Waals surface area contributed by atoms with E-state index in [4.69, 9.17) is 27.9 Å². The van der Waals surface area contributed by atoms with E-state index < -0.39 is 4.33 Å². The topological polar surface area (TPSA) is 26.3 Å². The van der Waals surface area contributed by atoms with Crippen LogP contribution in [0.15, 0.2) is 30.3 Å². The summed E-state index contributed by atoms with van der Waals surface area (Å²) in [6.07, 6.45) is 0.217. The number of ether oxygens (including phenoxy) is 1. The SMILES string of the molecule is CC(OC(=O)C1CC1(Cl)Cl)c1ccccc1. The largest absolute Gasteiger partial charge is 0.457 e. The Morgan fingerprint density at radius 3 is 2.50 bits per heavy atom. The lowest BCUT2D eigenvalue weighted by molar-refractivity contribution is -0.150. The third kappa shape index (κ3) is 2.50. The molecule has 16 heavy (non-hydrogen) atoms. The minimum atomic E-state index is -0.909. The number of hydrogen-bond acceptors (Lipinski definition) is 2. The highest BCUT2D eigenvalue weighted by Gasteiger charge is 2.57. The van der Waals surface area contributed by atoms with Gasteiger partial charge in [0.05, 0.1) is 5.92 Å². The molecular formula is C12H12Cl2O2. The van der Waals surface area contributed by atoms with E-state index in [1.165, 1.54) is 0 Å². The van der Waals surface area contributed by atoms with Crippen LogP contribution in [0.1, 0.15) is 25.0 Å². The Morgan fingerprint density at radius 2 is 2.00 bits per heavy atom. The molecule has 86 valence electrons. The number of alkyl halides is 2. The lowest BCUT2D eigenvalue weighted by Gasteiger charge is -2.13. The zero-order chi connectivity index (χ0) is 11.8. The normalized spacial score (nSPS) is 23.6. The first-order valence-corrected chi connectivity index (χ1v) is 5.89. The predicted molar refractivity (Wildman–Crippen MR) is 63.5 cm³/mol. The van der Waals surface area contributed by atoms with Crippen LogP contribution in [0, 0.1) is 5.92 Å². The molecule has 0 aliphatic heterocycles. The summed E-state index contributed by atoms with van der Waals surface area (Å²) in [5.41, 5.74) is 0.964. The van der Waals surface area contributed by atoms with Crippen LogP contribution in [0.5, 0.6) is 0 Å². The number of esters is 1. The number of hydrogen-bond donors (Lipinski definition) is 0. The van der Waals surface area contributed by atoms with Gasteiger partial charge in [-0.2, -0.15) is 0 Å². The molecule has 2 rings (SSSR count). The molecule has 0 spiro atoms. The molecule has 2 atom stereocenters. The highest BCUT2D eigenvalue weighted by Crippen LogP contribution is 2.54. The third-order valence-electron chi connectivity index (χ3n) is 2.67. The second kappa shape index (κ2) is 4.27. The highest BCUT2D eigenvalue weighted by atomic mass is 35.5. The van der Waals surface area contributed by atoms with Gasteiger partial charge in [0.15, 0.2) is 0 Å². The average molecular weight is 259 g/mol. The van der Waals surface area contributed by atoms with Gasteiger partial charge in [-0.3, -0.25) is 4.79 Å². The van der Waals surface area contributed by atoms with Crippen LogP contribution in [0.4, 0.5) is 0 Å². The minimum absolute atomic E-state index is 0.265. The van der Waals surface area contributed by atoms with Crippen LogP contribution in [0.2, 0.25) is 0 Å². The van der Waals surface area contributed by atoms with Crippen LogP contribution >= 0.6 is 23.2 Å². The standard InChI is InChI=1S/C12H12Cl2O2/c1-8(9-5-3-2-4-6-9)16-11(15)10-7-12(10,13)14/h2-6,8,10H,7H2,1H3. The van der Waals surface area contributed by atoms with Crippen molar-refractivity contribution in [3.05, 3.63) is 35.9 Å². The van der Waals surface area contributed by atoms with Gasteiger partial charge < -0.3 is 4.74 Å². The number of halogens is 2. The van der Waals surface area contributed by atoms with Gasteiger partial charge in [0.2, 0.25) is 0 Å². The van der Waals surface area contributed by atoms with Gasteiger partial charge in [0.25, 0.3) is 0 Å². The van der Waals surface area contributed by atoms with Gasteiger partial charge in [0.1, 0.15) is 10.4 Å². The van der Waals surface area contributed by atoms with E-state index in [1.807, 2.05) is 37.3 Å². The second-order valence-corrected chi connectivity index (χ2v) is 5.55. The van der Waals surface area contributed by atoms with Gasteiger partial charge >= 0.3 is 5.97 Å². The summed E-state index contributed by atoms with van der Waals surface area (Å²) in [4.78, 5) is 11.6. The number of carbonyl (C=O) groups is 1. The summed E-state index contributed by atoms with van der Waals surface area (Å²) in [6, 6.07) is 9.56. The Bertz CT molecular complexity index is 389. The van der Waals surface area contributed by atoms with Crippen molar-refractivity contribution in [3.8, 4) is 0 Å². The fraction of sp³-hybridized carbons (Fsp3) is 0.417.